The highest BCUT2D eigenvalue weighted by Crippen LogP contribution is 2.60. The second kappa shape index (κ2) is 3.90. The fourth-order valence-electron chi connectivity index (χ4n) is 1.84. The molecule has 2 rings (SSSR count). The molecule has 18 heavy (non-hydrogen) atoms. The molecule has 100 valence electrons. The number of thiophene rings is 1. The molecule has 1 aliphatic rings. The summed E-state index contributed by atoms with van der Waals surface area (Å²) in [5.41, 5.74) is -0.417. The van der Waals surface area contributed by atoms with E-state index in [9.17, 15) is 26.3 Å². The minimum atomic E-state index is -5.14. The van der Waals surface area contributed by atoms with Gasteiger partial charge in [-0.1, -0.05) is 11.6 Å². The summed E-state index contributed by atoms with van der Waals surface area (Å²) in [6.45, 7) is 1.32. The van der Waals surface area contributed by atoms with Crippen molar-refractivity contribution >= 4 is 22.9 Å². The highest BCUT2D eigenvalue weighted by Gasteiger charge is 2.72. The molecule has 0 fully saturated rings. The van der Waals surface area contributed by atoms with Crippen LogP contribution < -0.4 is 0 Å². The zero-order valence-electron chi connectivity index (χ0n) is 8.71. The maximum atomic E-state index is 13.5. The van der Waals surface area contributed by atoms with Crippen LogP contribution in [-0.2, 0) is 0 Å². The standard InChI is InChI=1S/C10H5ClF6S/c1-3-4(2-5(11)18-3)6-7(12)8(13)10(16,17)9(6,14)15/h2,6H,1H3. The van der Waals surface area contributed by atoms with Crippen molar-refractivity contribution in [2.24, 2.45) is 0 Å². The lowest BCUT2D eigenvalue weighted by molar-refractivity contribution is -0.189. The molecule has 1 aromatic rings. The molecule has 0 N–H and O–H groups in total. The molecule has 0 saturated carbocycles. The number of hydrogen-bond acceptors (Lipinski definition) is 1. The Morgan fingerprint density at radius 3 is 2.11 bits per heavy atom. The fraction of sp³-hybridized carbons (Fsp3) is 0.400. The molecular formula is C10H5ClF6S. The van der Waals surface area contributed by atoms with Crippen LogP contribution in [0, 0.1) is 6.92 Å². The molecule has 0 amide bonds. The maximum absolute atomic E-state index is 13.5. The molecule has 0 bridgehead atoms. The van der Waals surface area contributed by atoms with Crippen LogP contribution in [0.1, 0.15) is 16.4 Å². The van der Waals surface area contributed by atoms with Gasteiger partial charge in [0.05, 0.1) is 4.34 Å². The van der Waals surface area contributed by atoms with E-state index >= 15 is 0 Å². The molecule has 1 aliphatic carbocycles. The third kappa shape index (κ3) is 1.60. The minimum absolute atomic E-state index is 0.0433. The normalized spacial score (nSPS) is 25.9. The van der Waals surface area contributed by atoms with Crippen molar-refractivity contribution in [2.75, 3.05) is 0 Å². The van der Waals surface area contributed by atoms with Crippen molar-refractivity contribution < 1.29 is 26.3 Å². The van der Waals surface area contributed by atoms with E-state index < -0.39 is 35.0 Å². The van der Waals surface area contributed by atoms with E-state index in [2.05, 4.69) is 0 Å². The molecule has 0 radical (unpaired) electrons. The molecule has 1 atom stereocenters. The first-order valence-electron chi connectivity index (χ1n) is 4.67. The first-order valence-corrected chi connectivity index (χ1v) is 5.87. The van der Waals surface area contributed by atoms with Crippen LogP contribution in [0.15, 0.2) is 17.7 Å². The largest absolute Gasteiger partial charge is 0.364 e. The molecule has 0 spiro atoms. The van der Waals surface area contributed by atoms with Gasteiger partial charge in [0.15, 0.2) is 5.83 Å². The van der Waals surface area contributed by atoms with Crippen LogP contribution >= 0.6 is 22.9 Å². The summed E-state index contributed by atoms with van der Waals surface area (Å²) in [5.74, 6) is -17.5. The van der Waals surface area contributed by atoms with E-state index in [1.54, 1.807) is 0 Å². The van der Waals surface area contributed by atoms with Gasteiger partial charge in [-0.25, -0.2) is 8.78 Å². The molecule has 1 aromatic heterocycles. The maximum Gasteiger partial charge on any atom is 0.364 e. The zero-order chi connectivity index (χ0) is 13.9. The number of hydrogen-bond donors (Lipinski definition) is 0. The Kier molecular flexibility index (Phi) is 2.98. The minimum Gasteiger partial charge on any atom is -0.208 e. The summed E-state index contributed by atoms with van der Waals surface area (Å²) >= 11 is 6.38. The highest BCUT2D eigenvalue weighted by molar-refractivity contribution is 7.16. The molecule has 1 unspecified atom stereocenters. The van der Waals surface area contributed by atoms with Gasteiger partial charge in [-0.2, -0.15) is 17.6 Å². The molecular weight excluding hydrogens is 302 g/mol. The molecule has 0 aliphatic heterocycles. The molecule has 1 heterocycles. The van der Waals surface area contributed by atoms with Crippen LogP contribution in [0.3, 0.4) is 0 Å². The van der Waals surface area contributed by atoms with Crippen molar-refractivity contribution in [1.82, 2.24) is 0 Å². The molecule has 0 nitrogen and oxygen atoms in total. The lowest BCUT2D eigenvalue weighted by Gasteiger charge is -2.24. The summed E-state index contributed by atoms with van der Waals surface area (Å²) in [6.07, 6.45) is 0. The zero-order valence-corrected chi connectivity index (χ0v) is 10.3. The second-order valence-electron chi connectivity index (χ2n) is 3.85. The van der Waals surface area contributed by atoms with E-state index in [0.29, 0.717) is 0 Å². The summed E-state index contributed by atoms with van der Waals surface area (Å²) in [4.78, 5) is 0.144. The van der Waals surface area contributed by atoms with Gasteiger partial charge in [0, 0.05) is 4.88 Å². The van der Waals surface area contributed by atoms with E-state index in [4.69, 9.17) is 11.6 Å². The molecule has 0 saturated heterocycles. The SMILES string of the molecule is Cc1sc(Cl)cc1C1C(F)=C(F)C(F)(F)C1(F)F. The van der Waals surface area contributed by atoms with Gasteiger partial charge in [0.25, 0.3) is 0 Å². The molecule has 0 aromatic carbocycles. The number of alkyl halides is 4. The Balaban J connectivity index is 2.62. The highest BCUT2D eigenvalue weighted by atomic mass is 35.5. The topological polar surface area (TPSA) is 0 Å². The van der Waals surface area contributed by atoms with E-state index in [-0.39, 0.29) is 9.21 Å². The number of halogens is 7. The van der Waals surface area contributed by atoms with Gasteiger partial charge in [-0.15, -0.1) is 11.3 Å². The van der Waals surface area contributed by atoms with Crippen molar-refractivity contribution in [2.45, 2.75) is 24.7 Å². The Morgan fingerprint density at radius 1 is 1.22 bits per heavy atom. The monoisotopic (exact) mass is 306 g/mol. The Bertz CT molecular complexity index is 532. The van der Waals surface area contributed by atoms with Crippen LogP contribution in [0.25, 0.3) is 0 Å². The third-order valence-electron chi connectivity index (χ3n) is 2.76. The summed E-state index contributed by atoms with van der Waals surface area (Å²) in [6, 6.07) is 0.953. The number of aryl methyl sites for hydroxylation is 1. The summed E-state index contributed by atoms with van der Waals surface area (Å²) in [7, 11) is 0. The Morgan fingerprint density at radius 2 is 1.78 bits per heavy atom. The average molecular weight is 307 g/mol. The lowest BCUT2D eigenvalue weighted by atomic mass is 9.94. The van der Waals surface area contributed by atoms with Gasteiger partial charge in [0.1, 0.15) is 5.92 Å². The summed E-state index contributed by atoms with van der Waals surface area (Å²) < 4.78 is 79.2. The first-order chi connectivity index (χ1) is 8.10. The third-order valence-corrected chi connectivity index (χ3v) is 3.95. The van der Waals surface area contributed by atoms with Gasteiger partial charge >= 0.3 is 11.8 Å². The van der Waals surface area contributed by atoms with Crippen molar-refractivity contribution in [3.05, 3.63) is 32.5 Å². The van der Waals surface area contributed by atoms with E-state index in [1.807, 2.05) is 0 Å². The van der Waals surface area contributed by atoms with Crippen molar-refractivity contribution in [1.29, 1.82) is 0 Å². The van der Waals surface area contributed by atoms with Crippen molar-refractivity contribution in [3.8, 4) is 0 Å². The van der Waals surface area contributed by atoms with Gasteiger partial charge < -0.3 is 0 Å². The van der Waals surface area contributed by atoms with Crippen LogP contribution in [-0.4, -0.2) is 11.8 Å². The second-order valence-corrected chi connectivity index (χ2v) is 5.74. The average Bonchev–Trinajstić information content (AvgIpc) is 2.60. The molecule has 8 heteroatoms. The van der Waals surface area contributed by atoms with Gasteiger partial charge in [0.2, 0.25) is 5.83 Å². The first kappa shape index (κ1) is 13.7. The predicted octanol–water partition coefficient (Wildman–Crippen LogP) is 5.23. The summed E-state index contributed by atoms with van der Waals surface area (Å²) in [5, 5.41) is 0. The van der Waals surface area contributed by atoms with Gasteiger partial charge in [-0.3, -0.25) is 0 Å². The van der Waals surface area contributed by atoms with Crippen LogP contribution in [0.4, 0.5) is 26.3 Å². The van der Waals surface area contributed by atoms with Gasteiger partial charge in [-0.05, 0) is 18.6 Å². The predicted molar refractivity (Wildman–Crippen MR) is 55.9 cm³/mol. The number of allylic oxidation sites excluding steroid dienone is 2. The van der Waals surface area contributed by atoms with Crippen LogP contribution in [0.2, 0.25) is 4.34 Å². The number of rotatable bonds is 1. The Hall–Kier alpha value is -0.690. The van der Waals surface area contributed by atoms with E-state index in [0.717, 1.165) is 17.4 Å². The van der Waals surface area contributed by atoms with Crippen molar-refractivity contribution in [3.63, 3.8) is 0 Å². The smallest absolute Gasteiger partial charge is 0.208 e. The van der Waals surface area contributed by atoms with E-state index in [1.165, 1.54) is 6.92 Å². The fourth-order valence-corrected chi connectivity index (χ4v) is 3.08. The quantitative estimate of drug-likeness (QED) is 0.623. The lowest BCUT2D eigenvalue weighted by Crippen LogP contribution is -2.40. The Labute approximate surface area is 107 Å². The van der Waals surface area contributed by atoms with Crippen LogP contribution in [0.5, 0.6) is 0 Å².